The summed E-state index contributed by atoms with van der Waals surface area (Å²) in [6.45, 7) is 6.86. The van der Waals surface area contributed by atoms with Crippen LogP contribution >= 0.6 is 0 Å². The van der Waals surface area contributed by atoms with E-state index >= 15 is 0 Å². The lowest BCUT2D eigenvalue weighted by Gasteiger charge is -2.62. The predicted molar refractivity (Wildman–Crippen MR) is 130 cm³/mol. The normalized spacial score (nSPS) is 45.1. The molecule has 0 heterocycles. The second-order valence-corrected chi connectivity index (χ2v) is 14.1. The lowest BCUT2D eigenvalue weighted by molar-refractivity contribution is -0.174. The number of carbonyl (C=O) groups excluding carboxylic acids is 1. The summed E-state index contributed by atoms with van der Waals surface area (Å²) in [7, 11) is -4.07. The number of rotatable bonds is 7. The van der Waals surface area contributed by atoms with E-state index in [1.165, 1.54) is 12.8 Å². The van der Waals surface area contributed by atoms with Crippen molar-refractivity contribution in [2.75, 3.05) is 12.3 Å². The molecule has 0 saturated heterocycles. The van der Waals surface area contributed by atoms with Gasteiger partial charge in [0.1, 0.15) is 0 Å². The van der Waals surface area contributed by atoms with Gasteiger partial charge in [-0.2, -0.15) is 8.42 Å². The van der Waals surface area contributed by atoms with E-state index in [0.29, 0.717) is 48.3 Å². The first kappa shape index (κ1) is 26.4. The number of aliphatic hydroxyl groups excluding tert-OH is 2. The van der Waals surface area contributed by atoms with Crippen LogP contribution in [-0.2, 0) is 14.9 Å². The second kappa shape index (κ2) is 9.64. The van der Waals surface area contributed by atoms with Gasteiger partial charge in [0.15, 0.2) is 0 Å². The van der Waals surface area contributed by atoms with E-state index in [-0.39, 0.29) is 35.5 Å². The Kier molecular flexibility index (Phi) is 7.47. The van der Waals surface area contributed by atoms with Crippen LogP contribution in [0.5, 0.6) is 0 Å². The molecule has 196 valence electrons. The highest BCUT2D eigenvalue weighted by Crippen LogP contribution is 2.68. The molecule has 4 N–H and O–H groups in total. The minimum absolute atomic E-state index is 0.0756. The first-order valence-corrected chi connectivity index (χ1v) is 15.0. The van der Waals surface area contributed by atoms with Gasteiger partial charge in [0.05, 0.1) is 18.0 Å². The van der Waals surface area contributed by atoms with Crippen LogP contribution in [0.25, 0.3) is 0 Å². The van der Waals surface area contributed by atoms with Gasteiger partial charge in [0.25, 0.3) is 10.1 Å². The Morgan fingerprint density at radius 3 is 2.50 bits per heavy atom. The van der Waals surface area contributed by atoms with Crippen LogP contribution in [0.3, 0.4) is 0 Å². The van der Waals surface area contributed by atoms with E-state index in [2.05, 4.69) is 26.1 Å². The molecule has 4 rings (SSSR count). The Morgan fingerprint density at radius 1 is 1.06 bits per heavy atom. The summed E-state index contributed by atoms with van der Waals surface area (Å²) in [5.74, 6) is 2.28. The van der Waals surface area contributed by atoms with Crippen molar-refractivity contribution in [2.45, 2.75) is 97.2 Å². The summed E-state index contributed by atoms with van der Waals surface area (Å²) in [6, 6.07) is 0. The smallest absolute Gasteiger partial charge is 0.266 e. The SMILES string of the molecule is C[C@@H](CCC(=O)NCCS(=O)(=O)O)[C@@H]1CC[C@@H]2[C@H]3CC[C@H]4C[C@@H](O)CC[C@@]4(C)[C@@H]3C[C@@H](O)[C@]21C. The fraction of sp³-hybridized carbons (Fsp3) is 0.962. The average Bonchev–Trinajstić information content (AvgIpc) is 3.11. The largest absolute Gasteiger partial charge is 0.393 e. The molecule has 8 heteroatoms. The number of hydrogen-bond acceptors (Lipinski definition) is 5. The Labute approximate surface area is 205 Å². The highest BCUT2D eigenvalue weighted by molar-refractivity contribution is 7.85. The fourth-order valence-electron chi connectivity index (χ4n) is 9.13. The molecule has 0 unspecified atom stereocenters. The molecule has 10 atom stereocenters. The number of nitrogens with one attached hydrogen (secondary N) is 1. The molecular weight excluding hydrogens is 454 g/mol. The van der Waals surface area contributed by atoms with Gasteiger partial charge in [-0.3, -0.25) is 9.35 Å². The van der Waals surface area contributed by atoms with Crippen molar-refractivity contribution >= 4 is 16.0 Å². The number of aliphatic hydroxyl groups is 2. The summed E-state index contributed by atoms with van der Waals surface area (Å²) in [5, 5.41) is 24.5. The number of amides is 1. The third-order valence-corrected chi connectivity index (χ3v) is 11.7. The van der Waals surface area contributed by atoms with Crippen LogP contribution < -0.4 is 5.32 Å². The molecule has 1 amide bonds. The number of hydrogen-bond donors (Lipinski definition) is 4. The van der Waals surface area contributed by atoms with Gasteiger partial charge in [-0.05, 0) is 104 Å². The predicted octanol–water partition coefficient (Wildman–Crippen LogP) is 3.40. The third-order valence-electron chi connectivity index (χ3n) is 11.0. The van der Waals surface area contributed by atoms with Gasteiger partial charge in [-0.15, -0.1) is 0 Å². The van der Waals surface area contributed by atoms with Crippen LogP contribution in [0.1, 0.15) is 85.0 Å². The van der Waals surface area contributed by atoms with E-state index in [4.69, 9.17) is 4.55 Å². The first-order chi connectivity index (χ1) is 15.9. The Morgan fingerprint density at radius 2 is 1.79 bits per heavy atom. The molecule has 4 saturated carbocycles. The van der Waals surface area contributed by atoms with E-state index in [1.54, 1.807) is 0 Å². The minimum atomic E-state index is -4.07. The lowest BCUT2D eigenvalue weighted by Crippen LogP contribution is -2.58. The summed E-state index contributed by atoms with van der Waals surface area (Å²) in [6.07, 6.45) is 8.93. The summed E-state index contributed by atoms with van der Waals surface area (Å²) >= 11 is 0. The molecule has 0 aromatic rings. The van der Waals surface area contributed by atoms with Gasteiger partial charge in [-0.1, -0.05) is 20.8 Å². The third kappa shape index (κ3) is 4.81. The number of carbonyl (C=O) groups is 1. The number of fused-ring (bicyclic) bond motifs is 5. The quantitative estimate of drug-likeness (QED) is 0.398. The van der Waals surface area contributed by atoms with Crippen LogP contribution in [0.15, 0.2) is 0 Å². The molecule has 0 spiro atoms. The molecule has 4 fully saturated rings. The van der Waals surface area contributed by atoms with Crippen molar-refractivity contribution < 1.29 is 28.0 Å². The molecule has 0 aromatic heterocycles. The zero-order valence-corrected chi connectivity index (χ0v) is 21.9. The van der Waals surface area contributed by atoms with Crippen LogP contribution in [0.2, 0.25) is 0 Å². The van der Waals surface area contributed by atoms with E-state index < -0.39 is 15.9 Å². The van der Waals surface area contributed by atoms with Gasteiger partial charge in [0, 0.05) is 13.0 Å². The van der Waals surface area contributed by atoms with Crippen molar-refractivity contribution in [1.29, 1.82) is 0 Å². The van der Waals surface area contributed by atoms with E-state index in [0.717, 1.165) is 38.5 Å². The molecule has 0 bridgehead atoms. The van der Waals surface area contributed by atoms with Gasteiger partial charge in [-0.25, -0.2) is 0 Å². The Balaban J connectivity index is 1.40. The van der Waals surface area contributed by atoms with Crippen LogP contribution in [0, 0.1) is 46.3 Å². The monoisotopic (exact) mass is 499 g/mol. The maximum atomic E-state index is 12.2. The van der Waals surface area contributed by atoms with E-state index in [1.807, 2.05) is 0 Å². The first-order valence-electron chi connectivity index (χ1n) is 13.4. The van der Waals surface area contributed by atoms with Gasteiger partial charge < -0.3 is 15.5 Å². The van der Waals surface area contributed by atoms with Crippen molar-refractivity contribution in [3.63, 3.8) is 0 Å². The fourth-order valence-corrected chi connectivity index (χ4v) is 9.49. The minimum Gasteiger partial charge on any atom is -0.393 e. The van der Waals surface area contributed by atoms with Crippen molar-refractivity contribution in [1.82, 2.24) is 5.32 Å². The maximum Gasteiger partial charge on any atom is 0.266 e. The molecular formula is C26H45NO6S. The van der Waals surface area contributed by atoms with Crippen LogP contribution in [-0.4, -0.2) is 53.6 Å². The highest BCUT2D eigenvalue weighted by atomic mass is 32.2. The Bertz CT molecular complexity index is 863. The molecule has 0 aliphatic heterocycles. The molecule has 34 heavy (non-hydrogen) atoms. The topological polar surface area (TPSA) is 124 Å². The van der Waals surface area contributed by atoms with Gasteiger partial charge >= 0.3 is 0 Å². The molecule has 0 aromatic carbocycles. The van der Waals surface area contributed by atoms with Gasteiger partial charge in [0.2, 0.25) is 5.91 Å². The molecule has 0 radical (unpaired) electrons. The lowest BCUT2D eigenvalue weighted by atomic mass is 9.43. The molecule has 4 aliphatic carbocycles. The zero-order valence-electron chi connectivity index (χ0n) is 21.1. The average molecular weight is 500 g/mol. The van der Waals surface area contributed by atoms with Crippen molar-refractivity contribution in [3.8, 4) is 0 Å². The summed E-state index contributed by atoms with van der Waals surface area (Å²) in [5.41, 5.74) is 0.105. The van der Waals surface area contributed by atoms with Crippen molar-refractivity contribution in [3.05, 3.63) is 0 Å². The molecule has 7 nitrogen and oxygen atoms in total. The zero-order chi connectivity index (χ0) is 24.9. The second-order valence-electron chi connectivity index (χ2n) is 12.5. The summed E-state index contributed by atoms with van der Waals surface area (Å²) < 4.78 is 30.5. The summed E-state index contributed by atoms with van der Waals surface area (Å²) in [4.78, 5) is 12.2. The van der Waals surface area contributed by atoms with Crippen LogP contribution in [0.4, 0.5) is 0 Å². The van der Waals surface area contributed by atoms with Crippen molar-refractivity contribution in [2.24, 2.45) is 46.3 Å². The highest BCUT2D eigenvalue weighted by Gasteiger charge is 2.63. The Hall–Kier alpha value is -0.700. The van der Waals surface area contributed by atoms with E-state index in [9.17, 15) is 23.4 Å². The standard InChI is InChI=1S/C26H45NO6S/c1-16(4-9-24(30)27-12-13-34(31,32)33)20-7-8-21-19-6-5-17-14-18(28)10-11-25(17,2)22(19)15-23(29)26(20,21)3/h16-23,28-29H,4-15H2,1-3H3,(H,27,30)(H,31,32,33)/t16-,17-,18-,19+,20-,21+,22+,23+,25+,26-/m0/s1. The molecule has 4 aliphatic rings. The maximum absolute atomic E-state index is 12.2.